The normalized spacial score (nSPS) is 24.6. The summed E-state index contributed by atoms with van der Waals surface area (Å²) >= 11 is -2.04. The molecule has 4 heteroatoms. The molecule has 0 aromatic heterocycles. The van der Waals surface area contributed by atoms with E-state index >= 15 is 0 Å². The molecule has 0 aliphatic heterocycles. The average molecular weight is 136 g/mol. The summed E-state index contributed by atoms with van der Waals surface area (Å²) in [6.45, 7) is 0. The van der Waals surface area contributed by atoms with E-state index in [0.717, 1.165) is 19.3 Å². The van der Waals surface area contributed by atoms with Gasteiger partial charge in [0.15, 0.2) is 0 Å². The number of rotatable bonds is 2. The molecule has 3 nitrogen and oxygen atoms in total. The Morgan fingerprint density at radius 1 is 1.62 bits per heavy atom. The Kier molecular flexibility index (Phi) is 1.99. The van der Waals surface area contributed by atoms with Crippen molar-refractivity contribution in [2.75, 3.05) is 0 Å². The van der Waals surface area contributed by atoms with E-state index in [1.807, 2.05) is 0 Å². The molecular weight excluding hydrogens is 128 g/mol. The predicted molar refractivity (Wildman–Crippen MR) is 29.5 cm³/mol. The van der Waals surface area contributed by atoms with Gasteiger partial charge in [-0.15, -0.1) is 0 Å². The minimum absolute atomic E-state index is 0.0563. The van der Waals surface area contributed by atoms with E-state index in [2.05, 4.69) is 4.18 Å². The van der Waals surface area contributed by atoms with Crippen molar-refractivity contribution < 1.29 is 12.9 Å². The first-order valence-corrected chi connectivity index (χ1v) is 3.60. The first-order chi connectivity index (χ1) is 3.79. The molecule has 1 atom stereocenters. The van der Waals surface area contributed by atoms with Crippen LogP contribution in [0.25, 0.3) is 0 Å². The van der Waals surface area contributed by atoms with Crippen LogP contribution in [0.3, 0.4) is 0 Å². The van der Waals surface area contributed by atoms with Gasteiger partial charge in [-0.05, 0) is 19.3 Å². The van der Waals surface area contributed by atoms with Gasteiger partial charge in [0.25, 0.3) is 0 Å². The predicted octanol–water partition coefficient (Wildman–Crippen LogP) is 0.692. The van der Waals surface area contributed by atoms with Crippen LogP contribution < -0.4 is 0 Å². The Hall–Kier alpha value is 0.0700. The van der Waals surface area contributed by atoms with Crippen molar-refractivity contribution in [3.63, 3.8) is 0 Å². The van der Waals surface area contributed by atoms with E-state index in [1.54, 1.807) is 0 Å². The molecule has 1 unspecified atom stereocenters. The molecule has 0 heterocycles. The fraction of sp³-hybridized carbons (Fsp3) is 1.00. The van der Waals surface area contributed by atoms with Gasteiger partial charge in [0.2, 0.25) is 0 Å². The van der Waals surface area contributed by atoms with Crippen molar-refractivity contribution in [1.82, 2.24) is 0 Å². The third-order valence-electron chi connectivity index (χ3n) is 1.27. The number of hydrogen-bond acceptors (Lipinski definition) is 2. The van der Waals surface area contributed by atoms with Crippen molar-refractivity contribution in [2.24, 2.45) is 0 Å². The fourth-order valence-electron chi connectivity index (χ4n) is 0.583. The maximum Gasteiger partial charge on any atom is 0.302 e. The Labute approximate surface area is 50.5 Å². The Balaban J connectivity index is 2.09. The van der Waals surface area contributed by atoms with Crippen LogP contribution in [0.1, 0.15) is 19.3 Å². The summed E-state index contributed by atoms with van der Waals surface area (Å²) in [4.78, 5) is 0. The molecule has 1 N–H and O–H groups in total. The lowest BCUT2D eigenvalue weighted by Gasteiger charge is -2.22. The molecule has 0 radical (unpaired) electrons. The molecule has 1 saturated carbocycles. The Bertz CT molecular complexity index is 99.5. The molecule has 1 rings (SSSR count). The van der Waals surface area contributed by atoms with Crippen LogP contribution in [0.15, 0.2) is 0 Å². The van der Waals surface area contributed by atoms with Crippen LogP contribution in [0.2, 0.25) is 0 Å². The second kappa shape index (κ2) is 2.57. The second-order valence-corrected chi connectivity index (χ2v) is 2.49. The topological polar surface area (TPSA) is 46.5 Å². The van der Waals surface area contributed by atoms with Crippen LogP contribution in [0.4, 0.5) is 0 Å². The van der Waals surface area contributed by atoms with Crippen molar-refractivity contribution in [3.8, 4) is 0 Å². The van der Waals surface area contributed by atoms with E-state index in [0.29, 0.717) is 0 Å². The lowest BCUT2D eigenvalue weighted by Crippen LogP contribution is -2.22. The van der Waals surface area contributed by atoms with E-state index in [-0.39, 0.29) is 6.10 Å². The molecule has 1 aliphatic carbocycles. The zero-order chi connectivity index (χ0) is 5.98. The van der Waals surface area contributed by atoms with Crippen molar-refractivity contribution in [2.45, 2.75) is 25.4 Å². The molecule has 0 bridgehead atoms. The van der Waals surface area contributed by atoms with Gasteiger partial charge < -0.3 is 0 Å². The van der Waals surface area contributed by atoms with Gasteiger partial charge in [0, 0.05) is 0 Å². The summed E-state index contributed by atoms with van der Waals surface area (Å²) < 4.78 is 22.5. The van der Waals surface area contributed by atoms with E-state index < -0.39 is 11.4 Å². The monoisotopic (exact) mass is 136 g/mol. The van der Waals surface area contributed by atoms with Crippen LogP contribution in [0, 0.1) is 0 Å². The highest BCUT2D eigenvalue weighted by atomic mass is 32.2. The minimum Gasteiger partial charge on any atom is -0.284 e. The highest BCUT2D eigenvalue weighted by Crippen LogP contribution is 2.22. The third-order valence-corrected chi connectivity index (χ3v) is 1.71. The number of hydrogen-bond donors (Lipinski definition) is 1. The van der Waals surface area contributed by atoms with Crippen molar-refractivity contribution in [1.29, 1.82) is 0 Å². The molecule has 0 spiro atoms. The fourth-order valence-corrected chi connectivity index (χ4v) is 1.01. The lowest BCUT2D eigenvalue weighted by atomic mass is 9.97. The first-order valence-electron chi connectivity index (χ1n) is 2.57. The van der Waals surface area contributed by atoms with Gasteiger partial charge in [-0.1, -0.05) is 0 Å². The van der Waals surface area contributed by atoms with E-state index in [9.17, 15) is 4.21 Å². The van der Waals surface area contributed by atoms with Gasteiger partial charge in [0.05, 0.1) is 6.10 Å². The molecular formula is C4H8O3S. The van der Waals surface area contributed by atoms with Crippen molar-refractivity contribution >= 4 is 11.4 Å². The molecule has 0 aromatic carbocycles. The molecule has 1 aliphatic rings. The quantitative estimate of drug-likeness (QED) is 0.568. The van der Waals surface area contributed by atoms with Gasteiger partial charge >= 0.3 is 11.4 Å². The standard InChI is InChI=1S/C4H8O3S/c5-8(6)7-4-2-1-3-4/h4H,1-3H2,(H,5,6). The minimum atomic E-state index is -2.04. The molecule has 48 valence electrons. The second-order valence-electron chi connectivity index (χ2n) is 1.87. The summed E-state index contributed by atoms with van der Waals surface area (Å²) in [7, 11) is 0. The third kappa shape index (κ3) is 1.54. The maximum atomic E-state index is 9.89. The molecule has 1 fully saturated rings. The SMILES string of the molecule is O=S(O)OC1CCC1. The van der Waals surface area contributed by atoms with E-state index in [1.165, 1.54) is 0 Å². The van der Waals surface area contributed by atoms with Crippen LogP contribution in [-0.4, -0.2) is 14.9 Å². The highest BCUT2D eigenvalue weighted by Gasteiger charge is 2.19. The van der Waals surface area contributed by atoms with Gasteiger partial charge in [-0.3, -0.25) is 8.74 Å². The van der Waals surface area contributed by atoms with E-state index in [4.69, 9.17) is 4.55 Å². The summed E-state index contributed by atoms with van der Waals surface area (Å²) in [5.74, 6) is 0. The lowest BCUT2D eigenvalue weighted by molar-refractivity contribution is 0.124. The molecule has 0 aromatic rings. The zero-order valence-corrected chi connectivity index (χ0v) is 5.19. The summed E-state index contributed by atoms with van der Waals surface area (Å²) in [6.07, 6.45) is 3.06. The van der Waals surface area contributed by atoms with Crippen LogP contribution in [0.5, 0.6) is 0 Å². The Morgan fingerprint density at radius 2 is 2.25 bits per heavy atom. The van der Waals surface area contributed by atoms with Crippen molar-refractivity contribution in [3.05, 3.63) is 0 Å². The molecule has 0 amide bonds. The highest BCUT2D eigenvalue weighted by molar-refractivity contribution is 7.74. The van der Waals surface area contributed by atoms with Gasteiger partial charge in [0.1, 0.15) is 0 Å². The van der Waals surface area contributed by atoms with Gasteiger partial charge in [-0.2, -0.15) is 4.21 Å². The largest absolute Gasteiger partial charge is 0.302 e. The summed E-state index contributed by atoms with van der Waals surface area (Å²) in [6, 6.07) is 0. The zero-order valence-electron chi connectivity index (χ0n) is 4.37. The average Bonchev–Trinajstić information content (AvgIpc) is 1.55. The molecule has 8 heavy (non-hydrogen) atoms. The molecule has 0 saturated heterocycles. The maximum absolute atomic E-state index is 9.89. The smallest absolute Gasteiger partial charge is 0.284 e. The summed E-state index contributed by atoms with van der Waals surface area (Å²) in [5.41, 5.74) is 0. The first kappa shape index (κ1) is 6.19. The van der Waals surface area contributed by atoms with Crippen LogP contribution >= 0.6 is 0 Å². The Morgan fingerprint density at radius 3 is 2.38 bits per heavy atom. The summed E-state index contributed by atoms with van der Waals surface area (Å²) in [5, 5.41) is 0. The van der Waals surface area contributed by atoms with Crippen LogP contribution in [-0.2, 0) is 15.5 Å². The van der Waals surface area contributed by atoms with Gasteiger partial charge in [-0.25, -0.2) is 0 Å².